The highest BCUT2D eigenvalue weighted by molar-refractivity contribution is 6.76. The van der Waals surface area contributed by atoms with E-state index < -0.39 is 64.8 Å². The van der Waals surface area contributed by atoms with E-state index in [-0.39, 0.29) is 0 Å². The third kappa shape index (κ3) is 7.75. The number of azide groups is 1. The smallest absolute Gasteiger partial charge is 0.303 e. The fraction of sp³-hybridized carbons (Fsp3) is 0.714. The van der Waals surface area contributed by atoms with Gasteiger partial charge in [0.1, 0.15) is 18.8 Å². The summed E-state index contributed by atoms with van der Waals surface area (Å²) in [6.45, 7) is 2.82. The van der Waals surface area contributed by atoms with Crippen molar-refractivity contribution in [2.75, 3.05) is 6.61 Å². The van der Waals surface area contributed by atoms with Crippen LogP contribution in [0.4, 0.5) is 0 Å². The molecule has 1 rings (SSSR count). The van der Waals surface area contributed by atoms with Gasteiger partial charge in [0.05, 0.1) is 0 Å². The summed E-state index contributed by atoms with van der Waals surface area (Å²) in [6, 6.07) is -1.45. The number of alkyl halides is 3. The van der Waals surface area contributed by atoms with Gasteiger partial charge in [0, 0.05) is 25.7 Å². The zero-order valence-corrected chi connectivity index (χ0v) is 17.6. The number of nitrogens with one attached hydrogen (secondary N) is 1. The van der Waals surface area contributed by atoms with Gasteiger partial charge in [-0.3, -0.25) is 19.8 Å². The predicted octanol–water partition coefficient (Wildman–Crippen LogP) is 2.18. The summed E-state index contributed by atoms with van der Waals surface area (Å²) in [7, 11) is 0. The Morgan fingerprint density at radius 2 is 1.62 bits per heavy atom. The van der Waals surface area contributed by atoms with Crippen LogP contribution in [0, 0.1) is 5.41 Å². The second-order valence-corrected chi connectivity index (χ2v) is 7.92. The van der Waals surface area contributed by atoms with E-state index in [0.29, 0.717) is 0 Å². The average molecular weight is 476 g/mol. The highest BCUT2D eigenvalue weighted by Crippen LogP contribution is 2.33. The van der Waals surface area contributed by atoms with E-state index in [1.807, 2.05) is 0 Å². The average Bonchev–Trinajstić information content (AvgIpc) is 2.56. The molecule has 29 heavy (non-hydrogen) atoms. The van der Waals surface area contributed by atoms with Gasteiger partial charge in [-0.05, 0) is 5.53 Å². The van der Waals surface area contributed by atoms with Crippen molar-refractivity contribution < 1.29 is 38.1 Å². The molecule has 12 nitrogen and oxygen atoms in total. The Kier molecular flexibility index (Phi) is 9.24. The molecule has 162 valence electrons. The largest absolute Gasteiger partial charge is 0.463 e. The Balaban J connectivity index is 3.35. The van der Waals surface area contributed by atoms with E-state index in [1.165, 1.54) is 0 Å². The van der Waals surface area contributed by atoms with E-state index in [0.717, 1.165) is 20.8 Å². The van der Waals surface area contributed by atoms with Crippen LogP contribution in [-0.4, -0.2) is 64.8 Å². The molecule has 1 heterocycles. The molecule has 0 bridgehead atoms. The summed E-state index contributed by atoms with van der Waals surface area (Å²) in [6.07, 6.45) is -5.60. The third-order valence-corrected chi connectivity index (χ3v) is 3.86. The van der Waals surface area contributed by atoms with Crippen LogP contribution in [0.15, 0.2) is 5.11 Å². The molecule has 0 amide bonds. The highest BCUT2D eigenvalue weighted by atomic mass is 35.6. The van der Waals surface area contributed by atoms with Gasteiger partial charge in [-0.25, -0.2) is 0 Å². The SMILES string of the molecule is CC(=O)OCC1O[C@H](OC(=N)C(Cl)(Cl)Cl)C(N=[N+]=[N-])[C@@H](OC(C)=O)[C@@H]1OC(C)=O. The van der Waals surface area contributed by atoms with Gasteiger partial charge in [-0.2, -0.15) is 0 Å². The van der Waals surface area contributed by atoms with Crippen LogP contribution >= 0.6 is 34.8 Å². The van der Waals surface area contributed by atoms with Gasteiger partial charge in [0.15, 0.2) is 12.2 Å². The van der Waals surface area contributed by atoms with Gasteiger partial charge in [0.25, 0.3) is 3.79 Å². The fourth-order valence-electron chi connectivity index (χ4n) is 2.35. The normalized spacial score (nSPS) is 26.5. The molecular formula is C14H17Cl3N4O8. The van der Waals surface area contributed by atoms with Crippen molar-refractivity contribution in [2.24, 2.45) is 5.11 Å². The number of hydrogen-bond donors (Lipinski definition) is 1. The minimum absolute atomic E-state index is 0.449. The fourth-order valence-corrected chi connectivity index (χ4v) is 2.48. The number of rotatable bonds is 6. The summed E-state index contributed by atoms with van der Waals surface area (Å²) in [5.74, 6) is -3.16. The number of halogens is 3. The molecule has 0 aromatic rings. The highest BCUT2D eigenvalue weighted by Gasteiger charge is 2.52. The van der Waals surface area contributed by atoms with Crippen molar-refractivity contribution >= 4 is 58.6 Å². The zero-order valence-electron chi connectivity index (χ0n) is 15.3. The molecule has 0 aromatic heterocycles. The minimum Gasteiger partial charge on any atom is -0.463 e. The molecule has 15 heteroatoms. The summed E-state index contributed by atoms with van der Waals surface area (Å²) in [5.41, 5.74) is 8.89. The Morgan fingerprint density at radius 3 is 2.07 bits per heavy atom. The van der Waals surface area contributed by atoms with Crippen LogP contribution in [0.1, 0.15) is 20.8 Å². The van der Waals surface area contributed by atoms with Crippen molar-refractivity contribution in [3.05, 3.63) is 10.4 Å². The Bertz CT molecular complexity index is 709. The maximum atomic E-state index is 11.6. The van der Waals surface area contributed by atoms with Crippen LogP contribution in [-0.2, 0) is 38.1 Å². The topological polar surface area (TPSA) is 170 Å². The predicted molar refractivity (Wildman–Crippen MR) is 98.4 cm³/mol. The second kappa shape index (κ2) is 10.7. The quantitative estimate of drug-likeness (QED) is 0.0890. The molecule has 5 atom stereocenters. The van der Waals surface area contributed by atoms with Crippen molar-refractivity contribution in [2.45, 2.75) is 55.2 Å². The molecule has 1 aliphatic heterocycles. The van der Waals surface area contributed by atoms with Crippen molar-refractivity contribution in [3.63, 3.8) is 0 Å². The number of nitrogens with zero attached hydrogens (tertiary/aromatic N) is 3. The Morgan fingerprint density at radius 1 is 1.07 bits per heavy atom. The monoisotopic (exact) mass is 474 g/mol. The van der Waals surface area contributed by atoms with E-state index in [4.69, 9.17) is 69.4 Å². The lowest BCUT2D eigenvalue weighted by Crippen LogP contribution is -2.61. The molecule has 0 aliphatic carbocycles. The summed E-state index contributed by atoms with van der Waals surface area (Å²) >= 11 is 16.7. The standard InChI is InChI=1S/C14H17Cl3N4O8/c1-5(22)25-4-8-10(26-6(2)23)11(27-7(3)24)9(20-21-19)12(28-8)29-13(18)14(15,16)17/h8-12,18H,4H2,1-3H3/t8?,9?,10-,11-,12-/m1/s1. The number of carbonyl (C=O) groups excluding carboxylic acids is 3. The number of esters is 3. The first kappa shape index (κ1) is 25.1. The number of hydrogen-bond acceptors (Lipinski definition) is 10. The Hall–Kier alpha value is -1.98. The van der Waals surface area contributed by atoms with Crippen molar-refractivity contribution in [1.29, 1.82) is 5.41 Å². The maximum Gasteiger partial charge on any atom is 0.303 e. The summed E-state index contributed by atoms with van der Waals surface area (Å²) in [4.78, 5) is 36.9. The van der Waals surface area contributed by atoms with Crippen LogP contribution in [0.5, 0.6) is 0 Å². The van der Waals surface area contributed by atoms with Gasteiger partial charge in [0.2, 0.25) is 12.2 Å². The van der Waals surface area contributed by atoms with E-state index in [2.05, 4.69) is 10.0 Å². The van der Waals surface area contributed by atoms with Gasteiger partial charge < -0.3 is 23.7 Å². The zero-order chi connectivity index (χ0) is 22.4. The molecule has 0 saturated carbocycles. The molecule has 1 aliphatic rings. The minimum atomic E-state index is -2.28. The molecule has 1 fully saturated rings. The van der Waals surface area contributed by atoms with Gasteiger partial charge in [-0.1, -0.05) is 39.9 Å². The van der Waals surface area contributed by atoms with Crippen LogP contribution < -0.4 is 0 Å². The number of carbonyl (C=O) groups is 3. The van der Waals surface area contributed by atoms with Crippen molar-refractivity contribution in [3.8, 4) is 0 Å². The van der Waals surface area contributed by atoms with Crippen LogP contribution in [0.3, 0.4) is 0 Å². The molecule has 1 saturated heterocycles. The number of ether oxygens (including phenoxy) is 5. The van der Waals surface area contributed by atoms with E-state index in [1.54, 1.807) is 0 Å². The third-order valence-electron chi connectivity index (χ3n) is 3.35. The molecule has 0 radical (unpaired) electrons. The first-order valence-corrected chi connectivity index (χ1v) is 9.00. The molecule has 0 spiro atoms. The summed E-state index contributed by atoms with van der Waals surface area (Å²) < 4.78 is 23.6. The van der Waals surface area contributed by atoms with Gasteiger partial charge in [-0.15, -0.1) is 0 Å². The maximum absolute atomic E-state index is 11.6. The van der Waals surface area contributed by atoms with E-state index >= 15 is 0 Å². The lowest BCUT2D eigenvalue weighted by atomic mass is 9.97. The molecular weight excluding hydrogens is 459 g/mol. The van der Waals surface area contributed by atoms with Gasteiger partial charge >= 0.3 is 17.9 Å². The molecule has 2 unspecified atom stereocenters. The first-order valence-electron chi connectivity index (χ1n) is 7.86. The first-order chi connectivity index (χ1) is 13.4. The van der Waals surface area contributed by atoms with Crippen LogP contribution in [0.25, 0.3) is 10.4 Å². The molecule has 0 aromatic carbocycles. The van der Waals surface area contributed by atoms with Crippen molar-refractivity contribution in [1.82, 2.24) is 0 Å². The van der Waals surface area contributed by atoms with Crippen LogP contribution in [0.2, 0.25) is 0 Å². The second-order valence-electron chi connectivity index (χ2n) is 5.63. The van der Waals surface area contributed by atoms with E-state index in [9.17, 15) is 14.4 Å². The molecule has 1 N–H and O–H groups in total. The Labute approximate surface area is 179 Å². The summed E-state index contributed by atoms with van der Waals surface area (Å²) in [5, 5.41) is 11.1. The lowest BCUT2D eigenvalue weighted by molar-refractivity contribution is -0.256. The lowest BCUT2D eigenvalue weighted by Gasteiger charge is -2.43.